The molecule has 1 fully saturated rings. The minimum atomic E-state index is -2.87. The Morgan fingerprint density at radius 1 is 1.43 bits per heavy atom. The first kappa shape index (κ1) is 12.2. The van der Waals surface area contributed by atoms with Gasteiger partial charge in [0.25, 0.3) is 0 Å². The quantitative estimate of drug-likeness (QED) is 0.741. The minimum absolute atomic E-state index is 0.00528. The summed E-state index contributed by atoms with van der Waals surface area (Å²) in [5.74, 6) is 0.291. The molecule has 4 nitrogen and oxygen atoms in total. The van der Waals surface area contributed by atoms with E-state index in [2.05, 4.69) is 0 Å². The normalized spacial score (nSPS) is 38.9. The van der Waals surface area contributed by atoms with Gasteiger partial charge in [-0.05, 0) is 5.92 Å². The van der Waals surface area contributed by atoms with Gasteiger partial charge in [-0.3, -0.25) is 4.57 Å². The summed E-state index contributed by atoms with van der Waals surface area (Å²) in [4.78, 5) is 0. The summed E-state index contributed by atoms with van der Waals surface area (Å²) < 4.78 is 22.4. The standard InChI is InChI=1S/C9H19O4P/c1-8(2)4-14(11)12-6-9(3,5-10)7-13-14/h8,10H,4-7H2,1-3H3. The van der Waals surface area contributed by atoms with E-state index in [1.54, 1.807) is 0 Å². The smallest absolute Gasteiger partial charge is 0.330 e. The molecular weight excluding hydrogens is 203 g/mol. The fourth-order valence-corrected chi connectivity index (χ4v) is 3.43. The summed E-state index contributed by atoms with van der Waals surface area (Å²) >= 11 is 0. The van der Waals surface area contributed by atoms with Gasteiger partial charge in [-0.2, -0.15) is 0 Å². The monoisotopic (exact) mass is 222 g/mol. The lowest BCUT2D eigenvalue weighted by Crippen LogP contribution is -2.36. The Kier molecular flexibility index (Phi) is 3.75. The van der Waals surface area contributed by atoms with Crippen molar-refractivity contribution < 1.29 is 18.7 Å². The van der Waals surface area contributed by atoms with Crippen molar-refractivity contribution in [1.82, 2.24) is 0 Å². The zero-order valence-corrected chi connectivity index (χ0v) is 9.92. The molecule has 0 bridgehead atoms. The lowest BCUT2D eigenvalue weighted by atomic mass is 9.95. The van der Waals surface area contributed by atoms with E-state index in [9.17, 15) is 4.57 Å². The van der Waals surface area contributed by atoms with Gasteiger partial charge < -0.3 is 14.2 Å². The van der Waals surface area contributed by atoms with E-state index in [0.29, 0.717) is 25.3 Å². The molecular formula is C9H19O4P. The highest BCUT2D eigenvalue weighted by atomic mass is 31.2. The van der Waals surface area contributed by atoms with Gasteiger partial charge in [0.2, 0.25) is 0 Å². The van der Waals surface area contributed by atoms with Crippen molar-refractivity contribution in [3.8, 4) is 0 Å². The molecule has 1 aliphatic heterocycles. The highest BCUT2D eigenvalue weighted by molar-refractivity contribution is 7.53. The molecule has 14 heavy (non-hydrogen) atoms. The Morgan fingerprint density at radius 2 is 1.93 bits per heavy atom. The molecule has 0 aliphatic carbocycles. The predicted octanol–water partition coefficient (Wildman–Crippen LogP) is 1.88. The molecule has 1 rings (SSSR count). The van der Waals surface area contributed by atoms with Crippen molar-refractivity contribution in [2.45, 2.75) is 20.8 Å². The molecule has 0 aromatic carbocycles. The summed E-state index contributed by atoms with van der Waals surface area (Å²) in [6, 6.07) is 0. The van der Waals surface area contributed by atoms with Gasteiger partial charge in [0.1, 0.15) is 0 Å². The van der Waals surface area contributed by atoms with Gasteiger partial charge >= 0.3 is 7.60 Å². The molecule has 1 aliphatic rings. The summed E-state index contributed by atoms with van der Waals surface area (Å²) in [5, 5.41) is 9.05. The molecule has 0 saturated carbocycles. The SMILES string of the molecule is CC(C)CP1(=O)OCC(C)(CO)CO1. The number of hydrogen-bond donors (Lipinski definition) is 1. The zero-order valence-electron chi connectivity index (χ0n) is 9.02. The molecule has 5 heteroatoms. The Balaban J connectivity index is 2.53. The van der Waals surface area contributed by atoms with E-state index >= 15 is 0 Å². The molecule has 0 spiro atoms. The zero-order chi connectivity index (χ0) is 10.8. The van der Waals surface area contributed by atoms with Crippen LogP contribution in [0.3, 0.4) is 0 Å². The first-order valence-corrected chi connectivity index (χ1v) is 6.61. The van der Waals surface area contributed by atoms with Crippen molar-refractivity contribution in [1.29, 1.82) is 0 Å². The maximum absolute atomic E-state index is 11.9. The fourth-order valence-electron chi connectivity index (χ4n) is 1.23. The van der Waals surface area contributed by atoms with Crippen LogP contribution in [-0.2, 0) is 13.6 Å². The first-order valence-electron chi connectivity index (χ1n) is 4.88. The largest absolute Gasteiger partial charge is 0.396 e. The molecule has 0 radical (unpaired) electrons. The Labute approximate surface area is 85.1 Å². The summed E-state index contributed by atoms with van der Waals surface area (Å²) in [5.41, 5.74) is -0.398. The van der Waals surface area contributed by atoms with E-state index in [0.717, 1.165) is 0 Å². The molecule has 0 aromatic rings. The predicted molar refractivity (Wildman–Crippen MR) is 54.4 cm³/mol. The molecule has 1 N–H and O–H groups in total. The molecule has 1 heterocycles. The van der Waals surface area contributed by atoms with Crippen LogP contribution in [-0.4, -0.2) is 31.1 Å². The van der Waals surface area contributed by atoms with Crippen LogP contribution in [0.4, 0.5) is 0 Å². The summed E-state index contributed by atoms with van der Waals surface area (Å²) in [6.45, 7) is 6.43. The lowest BCUT2D eigenvalue weighted by Gasteiger charge is -2.35. The highest BCUT2D eigenvalue weighted by Crippen LogP contribution is 2.54. The van der Waals surface area contributed by atoms with E-state index < -0.39 is 13.0 Å². The van der Waals surface area contributed by atoms with Crippen LogP contribution in [0.5, 0.6) is 0 Å². The first-order chi connectivity index (χ1) is 6.39. The third kappa shape index (κ3) is 3.06. The van der Waals surface area contributed by atoms with Crippen LogP contribution in [0, 0.1) is 11.3 Å². The summed E-state index contributed by atoms with van der Waals surface area (Å²) in [6.07, 6.45) is 0.453. The van der Waals surface area contributed by atoms with Crippen LogP contribution in [0.25, 0.3) is 0 Å². The lowest BCUT2D eigenvalue weighted by molar-refractivity contribution is -0.00841. The molecule has 84 valence electrons. The maximum atomic E-state index is 11.9. The molecule has 0 amide bonds. The van der Waals surface area contributed by atoms with Gasteiger partial charge in [0.15, 0.2) is 0 Å². The van der Waals surface area contributed by atoms with Crippen LogP contribution < -0.4 is 0 Å². The molecule has 0 aromatic heterocycles. The van der Waals surface area contributed by atoms with Crippen LogP contribution >= 0.6 is 7.60 Å². The minimum Gasteiger partial charge on any atom is -0.396 e. The second kappa shape index (κ2) is 4.31. The van der Waals surface area contributed by atoms with Gasteiger partial charge in [-0.25, -0.2) is 0 Å². The topological polar surface area (TPSA) is 55.8 Å². The number of aliphatic hydroxyl groups excluding tert-OH is 1. The van der Waals surface area contributed by atoms with E-state index in [1.165, 1.54) is 0 Å². The van der Waals surface area contributed by atoms with Crippen LogP contribution in [0.1, 0.15) is 20.8 Å². The van der Waals surface area contributed by atoms with Crippen molar-refractivity contribution >= 4 is 7.60 Å². The van der Waals surface area contributed by atoms with Gasteiger partial charge in [0.05, 0.1) is 26.0 Å². The molecule has 0 atom stereocenters. The average Bonchev–Trinajstić information content (AvgIpc) is 2.10. The van der Waals surface area contributed by atoms with E-state index in [1.807, 2.05) is 20.8 Å². The van der Waals surface area contributed by atoms with Crippen molar-refractivity contribution in [3.63, 3.8) is 0 Å². The highest BCUT2D eigenvalue weighted by Gasteiger charge is 2.39. The number of rotatable bonds is 3. The summed E-state index contributed by atoms with van der Waals surface area (Å²) in [7, 11) is -2.87. The van der Waals surface area contributed by atoms with Crippen molar-refractivity contribution in [2.24, 2.45) is 11.3 Å². The van der Waals surface area contributed by atoms with Crippen LogP contribution in [0.15, 0.2) is 0 Å². The number of aliphatic hydroxyl groups is 1. The fraction of sp³-hybridized carbons (Fsp3) is 1.00. The molecule has 1 saturated heterocycles. The molecule has 0 unspecified atom stereocenters. The van der Waals surface area contributed by atoms with Gasteiger partial charge in [-0.1, -0.05) is 20.8 Å². The Bertz CT molecular complexity index is 227. The van der Waals surface area contributed by atoms with Crippen molar-refractivity contribution in [3.05, 3.63) is 0 Å². The Morgan fingerprint density at radius 3 is 2.29 bits per heavy atom. The third-order valence-corrected chi connectivity index (χ3v) is 4.41. The van der Waals surface area contributed by atoms with E-state index in [4.69, 9.17) is 14.2 Å². The van der Waals surface area contributed by atoms with Gasteiger partial charge in [0, 0.05) is 5.41 Å². The third-order valence-electron chi connectivity index (χ3n) is 2.19. The van der Waals surface area contributed by atoms with E-state index in [-0.39, 0.29) is 6.61 Å². The second-order valence-corrected chi connectivity index (χ2v) is 6.81. The average molecular weight is 222 g/mol. The second-order valence-electron chi connectivity index (χ2n) is 4.70. The maximum Gasteiger partial charge on any atom is 0.330 e. The Hall–Kier alpha value is 0.110. The van der Waals surface area contributed by atoms with Crippen LogP contribution in [0.2, 0.25) is 0 Å². The van der Waals surface area contributed by atoms with Gasteiger partial charge in [-0.15, -0.1) is 0 Å². The number of hydrogen-bond acceptors (Lipinski definition) is 4. The van der Waals surface area contributed by atoms with Crippen molar-refractivity contribution in [2.75, 3.05) is 26.0 Å².